The van der Waals surface area contributed by atoms with Gasteiger partial charge in [0.2, 0.25) is 0 Å². The molecule has 0 aromatic heterocycles. The van der Waals surface area contributed by atoms with Crippen molar-refractivity contribution in [3.8, 4) is 0 Å². The van der Waals surface area contributed by atoms with E-state index in [0.29, 0.717) is 0 Å². The maximum Gasteiger partial charge on any atom is 0.378 e. The van der Waals surface area contributed by atoms with Crippen LogP contribution in [0.3, 0.4) is 0 Å². The summed E-state index contributed by atoms with van der Waals surface area (Å²) >= 11 is 5.64. The van der Waals surface area contributed by atoms with Crippen LogP contribution in [-0.4, -0.2) is 17.3 Å². The number of hydrogen-bond acceptors (Lipinski definition) is 4. The first-order valence-electron chi connectivity index (χ1n) is 4.18. The summed E-state index contributed by atoms with van der Waals surface area (Å²) in [5.74, 6) is -1.59. The van der Waals surface area contributed by atoms with Gasteiger partial charge in [0.15, 0.2) is 0 Å². The molecule has 0 aliphatic heterocycles. The molecule has 0 saturated carbocycles. The lowest BCUT2D eigenvalue weighted by molar-refractivity contribution is -0.255. The Morgan fingerprint density at radius 1 is 1.29 bits per heavy atom. The molecule has 5 heteroatoms. The van der Waals surface area contributed by atoms with E-state index in [1.165, 1.54) is 6.08 Å². The van der Waals surface area contributed by atoms with Gasteiger partial charge in [-0.05, 0) is 12.8 Å². The molecule has 1 atom stereocenters. The zero-order valence-corrected chi connectivity index (χ0v) is 9.08. The summed E-state index contributed by atoms with van der Waals surface area (Å²) in [5.41, 5.74) is 0. The maximum absolute atomic E-state index is 11.0. The Labute approximate surface area is 87.8 Å². The normalized spacial score (nSPS) is 12.9. The fourth-order valence-corrected chi connectivity index (χ4v) is 0.600. The third kappa shape index (κ3) is 4.87. The minimum absolute atomic E-state index is 0.0791. The molecule has 0 amide bonds. The maximum atomic E-state index is 11.0. The van der Waals surface area contributed by atoms with Crippen molar-refractivity contribution < 1.29 is 19.4 Å². The molecule has 0 aromatic rings. The van der Waals surface area contributed by atoms with E-state index in [2.05, 4.69) is 9.78 Å². The molecule has 0 saturated heterocycles. The van der Waals surface area contributed by atoms with Crippen molar-refractivity contribution in [1.82, 2.24) is 0 Å². The zero-order valence-electron chi connectivity index (χ0n) is 8.32. The predicted molar refractivity (Wildman–Crippen MR) is 51.5 cm³/mol. The molecule has 4 nitrogen and oxygen atoms in total. The van der Waals surface area contributed by atoms with Crippen LogP contribution in [0.15, 0.2) is 12.2 Å². The van der Waals surface area contributed by atoms with Gasteiger partial charge in [0.1, 0.15) is 5.38 Å². The Kier molecular flexibility index (Phi) is 5.95. The number of alkyl halides is 1. The van der Waals surface area contributed by atoms with E-state index in [0.717, 1.165) is 6.08 Å². The molecule has 0 fully saturated rings. The number of carbonyl (C=O) groups excluding carboxylic acids is 2. The number of halogens is 1. The van der Waals surface area contributed by atoms with Crippen LogP contribution in [0.1, 0.15) is 20.8 Å². The summed E-state index contributed by atoms with van der Waals surface area (Å²) in [4.78, 5) is 30.1. The molecule has 0 rings (SSSR count). The van der Waals surface area contributed by atoms with E-state index in [1.807, 2.05) is 0 Å². The molecule has 80 valence electrons. The highest BCUT2D eigenvalue weighted by molar-refractivity contribution is 6.30. The van der Waals surface area contributed by atoms with Crippen LogP contribution < -0.4 is 0 Å². The Morgan fingerprint density at radius 3 is 2.29 bits per heavy atom. The highest BCUT2D eigenvalue weighted by Gasteiger charge is 2.22. The van der Waals surface area contributed by atoms with Crippen LogP contribution in [0.4, 0.5) is 0 Å². The van der Waals surface area contributed by atoms with Gasteiger partial charge < -0.3 is 0 Å². The molecule has 0 aliphatic rings. The van der Waals surface area contributed by atoms with Gasteiger partial charge in [0.25, 0.3) is 0 Å². The molecule has 14 heavy (non-hydrogen) atoms. The molecular formula is C9H13ClO4. The Hall–Kier alpha value is -1.03. The molecule has 0 bridgehead atoms. The smallest absolute Gasteiger partial charge is 0.246 e. The molecule has 0 aromatic carbocycles. The summed E-state index contributed by atoms with van der Waals surface area (Å²) in [5, 5.41) is -0.812. The van der Waals surface area contributed by atoms with Crippen molar-refractivity contribution in [2.75, 3.05) is 0 Å². The van der Waals surface area contributed by atoms with Crippen LogP contribution >= 0.6 is 11.6 Å². The summed E-state index contributed by atoms with van der Waals surface area (Å²) in [6, 6.07) is 0. The van der Waals surface area contributed by atoms with E-state index in [4.69, 9.17) is 11.6 Å². The van der Waals surface area contributed by atoms with Gasteiger partial charge in [-0.25, -0.2) is 19.4 Å². The second-order valence-electron chi connectivity index (χ2n) is 2.95. The molecule has 0 radical (unpaired) electrons. The van der Waals surface area contributed by atoms with Gasteiger partial charge in [0, 0.05) is 6.08 Å². The Balaban J connectivity index is 3.91. The van der Waals surface area contributed by atoms with E-state index in [-0.39, 0.29) is 5.92 Å². The number of hydrogen-bond donors (Lipinski definition) is 0. The summed E-state index contributed by atoms with van der Waals surface area (Å²) < 4.78 is 0. The van der Waals surface area contributed by atoms with E-state index < -0.39 is 17.3 Å². The molecule has 0 spiro atoms. The van der Waals surface area contributed by atoms with E-state index in [1.54, 1.807) is 20.8 Å². The topological polar surface area (TPSA) is 52.6 Å². The number of carbonyl (C=O) groups is 2. The minimum atomic E-state index is -0.812. The standard InChI is InChI=1S/C9H13ClO4/c1-4-5-7(11)13-14-9(12)8(10)6(2)3/h4-6,8H,1-3H3/b5-4+. The summed E-state index contributed by atoms with van der Waals surface area (Å²) in [6.45, 7) is 5.15. The van der Waals surface area contributed by atoms with Gasteiger partial charge in [0.05, 0.1) is 0 Å². The lowest BCUT2D eigenvalue weighted by Gasteiger charge is -2.09. The fourth-order valence-electron chi connectivity index (χ4n) is 0.564. The lowest BCUT2D eigenvalue weighted by atomic mass is 10.1. The highest BCUT2D eigenvalue weighted by atomic mass is 35.5. The largest absolute Gasteiger partial charge is 0.378 e. The molecule has 0 N–H and O–H groups in total. The third-order valence-corrected chi connectivity index (χ3v) is 2.00. The van der Waals surface area contributed by atoms with E-state index >= 15 is 0 Å². The van der Waals surface area contributed by atoms with Gasteiger partial charge >= 0.3 is 11.9 Å². The average Bonchev–Trinajstić information content (AvgIpc) is 2.13. The van der Waals surface area contributed by atoms with Crippen molar-refractivity contribution in [2.24, 2.45) is 5.92 Å². The van der Waals surface area contributed by atoms with Crippen molar-refractivity contribution in [3.05, 3.63) is 12.2 Å². The van der Waals surface area contributed by atoms with Crippen LogP contribution in [0.25, 0.3) is 0 Å². The molecular weight excluding hydrogens is 208 g/mol. The van der Waals surface area contributed by atoms with Crippen LogP contribution in [0, 0.1) is 5.92 Å². The SMILES string of the molecule is C/C=C/C(=O)OOC(=O)C(Cl)C(C)C. The zero-order chi connectivity index (χ0) is 11.1. The fraction of sp³-hybridized carbons (Fsp3) is 0.556. The predicted octanol–water partition coefficient (Wildman–Crippen LogP) is 1.83. The van der Waals surface area contributed by atoms with Crippen molar-refractivity contribution in [1.29, 1.82) is 0 Å². The summed E-state index contributed by atoms with van der Waals surface area (Å²) in [6.07, 6.45) is 2.60. The van der Waals surface area contributed by atoms with Crippen molar-refractivity contribution >= 4 is 23.5 Å². The van der Waals surface area contributed by atoms with Crippen molar-refractivity contribution in [2.45, 2.75) is 26.1 Å². The molecule has 1 unspecified atom stereocenters. The minimum Gasteiger partial charge on any atom is -0.246 e. The van der Waals surface area contributed by atoms with Crippen molar-refractivity contribution in [3.63, 3.8) is 0 Å². The van der Waals surface area contributed by atoms with Gasteiger partial charge in [-0.1, -0.05) is 19.9 Å². The van der Waals surface area contributed by atoms with Gasteiger partial charge in [-0.2, -0.15) is 0 Å². The number of allylic oxidation sites excluding steroid dienone is 1. The average molecular weight is 221 g/mol. The lowest BCUT2D eigenvalue weighted by Crippen LogP contribution is -2.24. The highest BCUT2D eigenvalue weighted by Crippen LogP contribution is 2.11. The Bertz CT molecular complexity index is 235. The Morgan fingerprint density at radius 2 is 1.86 bits per heavy atom. The quantitative estimate of drug-likeness (QED) is 0.315. The first kappa shape index (κ1) is 13.0. The summed E-state index contributed by atoms with van der Waals surface area (Å²) in [7, 11) is 0. The third-order valence-electron chi connectivity index (χ3n) is 1.32. The van der Waals surface area contributed by atoms with Gasteiger partial charge in [-0.3, -0.25) is 0 Å². The monoisotopic (exact) mass is 220 g/mol. The van der Waals surface area contributed by atoms with Crippen LogP contribution in [0.5, 0.6) is 0 Å². The second-order valence-corrected chi connectivity index (χ2v) is 3.42. The van der Waals surface area contributed by atoms with E-state index in [9.17, 15) is 9.59 Å². The van der Waals surface area contributed by atoms with Crippen LogP contribution in [0.2, 0.25) is 0 Å². The number of rotatable bonds is 3. The molecule has 0 aliphatic carbocycles. The first-order chi connectivity index (χ1) is 6.49. The van der Waals surface area contributed by atoms with Gasteiger partial charge in [-0.15, -0.1) is 11.6 Å². The molecule has 0 heterocycles. The second kappa shape index (κ2) is 6.43. The van der Waals surface area contributed by atoms with Crippen LogP contribution in [-0.2, 0) is 19.4 Å². The first-order valence-corrected chi connectivity index (χ1v) is 4.61.